The molecule has 0 saturated carbocycles. The summed E-state index contributed by atoms with van der Waals surface area (Å²) in [5.41, 5.74) is 0.766. The van der Waals surface area contributed by atoms with Gasteiger partial charge in [-0.2, -0.15) is 0 Å². The number of hydrogen-bond donors (Lipinski definition) is 1. The molecule has 0 atom stereocenters. The average Bonchev–Trinajstić information content (AvgIpc) is 3.04. The predicted molar refractivity (Wildman–Crippen MR) is 86.7 cm³/mol. The quantitative estimate of drug-likeness (QED) is 0.835. The molecule has 3 heterocycles. The number of halogens is 1. The van der Waals surface area contributed by atoms with Crippen LogP contribution in [-0.4, -0.2) is 47.3 Å². The minimum absolute atomic E-state index is 0.0888. The number of aryl methyl sites for hydroxylation is 1. The number of carbonyl (C=O) groups is 1. The molecule has 0 radical (unpaired) electrons. The molecule has 0 spiro atoms. The maximum atomic E-state index is 11.9. The van der Waals surface area contributed by atoms with Gasteiger partial charge in [0.05, 0.1) is 25.5 Å². The van der Waals surface area contributed by atoms with E-state index in [1.54, 1.807) is 6.07 Å². The molecule has 1 saturated heterocycles. The third-order valence-electron chi connectivity index (χ3n) is 3.64. The van der Waals surface area contributed by atoms with Gasteiger partial charge in [-0.1, -0.05) is 16.8 Å². The molecule has 0 aromatic carbocycles. The van der Waals surface area contributed by atoms with Crippen molar-refractivity contribution < 1.29 is 14.1 Å². The van der Waals surface area contributed by atoms with E-state index in [2.05, 4.69) is 25.3 Å². The summed E-state index contributed by atoms with van der Waals surface area (Å²) < 4.78 is 10.3. The van der Waals surface area contributed by atoms with Crippen LogP contribution in [0.2, 0.25) is 5.15 Å². The second kappa shape index (κ2) is 8.07. The van der Waals surface area contributed by atoms with E-state index < -0.39 is 0 Å². The Balaban J connectivity index is 1.47. The van der Waals surface area contributed by atoms with E-state index in [-0.39, 0.29) is 5.91 Å². The van der Waals surface area contributed by atoms with Gasteiger partial charge in [0.1, 0.15) is 17.9 Å². The largest absolute Gasteiger partial charge is 0.378 e. The van der Waals surface area contributed by atoms with Crippen molar-refractivity contribution in [3.8, 4) is 0 Å². The highest BCUT2D eigenvalue weighted by Gasteiger charge is 2.13. The smallest absolute Gasteiger partial charge is 0.220 e. The van der Waals surface area contributed by atoms with E-state index in [4.69, 9.17) is 20.9 Å². The van der Waals surface area contributed by atoms with Gasteiger partial charge in [0.2, 0.25) is 5.91 Å². The zero-order valence-electron chi connectivity index (χ0n) is 13.1. The first-order valence-electron chi connectivity index (χ1n) is 7.72. The summed E-state index contributed by atoms with van der Waals surface area (Å²) >= 11 is 5.66. The van der Waals surface area contributed by atoms with Crippen molar-refractivity contribution in [3.63, 3.8) is 0 Å². The molecular weight excluding hydrogens is 334 g/mol. The Morgan fingerprint density at radius 3 is 2.88 bits per heavy atom. The number of rotatable bonds is 6. The lowest BCUT2D eigenvalue weighted by atomic mass is 10.2. The molecule has 8 nitrogen and oxygen atoms in total. The molecule has 3 rings (SSSR count). The van der Waals surface area contributed by atoms with Gasteiger partial charge >= 0.3 is 0 Å². The minimum Gasteiger partial charge on any atom is -0.378 e. The Morgan fingerprint density at radius 1 is 1.29 bits per heavy atom. The molecule has 1 N–H and O–H groups in total. The van der Waals surface area contributed by atoms with E-state index >= 15 is 0 Å². The molecule has 24 heavy (non-hydrogen) atoms. The number of nitrogens with zero attached hydrogens (tertiary/aromatic N) is 4. The molecule has 2 aromatic rings. The van der Waals surface area contributed by atoms with Crippen molar-refractivity contribution in [2.45, 2.75) is 19.4 Å². The molecule has 9 heteroatoms. The number of carbonyl (C=O) groups excluding carboxylic acids is 1. The van der Waals surface area contributed by atoms with Gasteiger partial charge in [0, 0.05) is 38.1 Å². The van der Waals surface area contributed by atoms with Crippen molar-refractivity contribution in [1.82, 2.24) is 20.4 Å². The van der Waals surface area contributed by atoms with Crippen LogP contribution in [0, 0.1) is 0 Å². The molecule has 1 amide bonds. The molecule has 2 aromatic heterocycles. The lowest BCUT2D eigenvalue weighted by molar-refractivity contribution is -0.121. The van der Waals surface area contributed by atoms with Crippen LogP contribution in [-0.2, 0) is 22.5 Å². The monoisotopic (exact) mass is 351 g/mol. The maximum absolute atomic E-state index is 11.9. The molecule has 0 unspecified atom stereocenters. The van der Waals surface area contributed by atoms with Crippen molar-refractivity contribution in [1.29, 1.82) is 0 Å². The fraction of sp³-hybridized carbons (Fsp3) is 0.467. The number of amides is 1. The van der Waals surface area contributed by atoms with Crippen LogP contribution in [0.3, 0.4) is 0 Å². The zero-order valence-corrected chi connectivity index (χ0v) is 13.8. The topological polar surface area (TPSA) is 93.4 Å². The lowest BCUT2D eigenvalue weighted by Gasteiger charge is -2.27. The minimum atomic E-state index is -0.0888. The van der Waals surface area contributed by atoms with Crippen molar-refractivity contribution in [2.75, 3.05) is 31.2 Å². The van der Waals surface area contributed by atoms with E-state index in [0.29, 0.717) is 43.5 Å². The normalized spacial score (nSPS) is 14.6. The first kappa shape index (κ1) is 16.7. The average molecular weight is 352 g/mol. The number of hydrogen-bond acceptors (Lipinski definition) is 7. The molecular formula is C15H18ClN5O3. The molecule has 0 aliphatic carbocycles. The Morgan fingerprint density at radius 2 is 2.12 bits per heavy atom. The Bertz CT molecular complexity index is 687. The first-order chi connectivity index (χ1) is 11.7. The van der Waals surface area contributed by atoms with Crippen LogP contribution >= 0.6 is 11.6 Å². The van der Waals surface area contributed by atoms with Crippen molar-refractivity contribution in [2.24, 2.45) is 0 Å². The summed E-state index contributed by atoms with van der Waals surface area (Å²) in [7, 11) is 0. The van der Waals surface area contributed by atoms with Gasteiger partial charge in [-0.3, -0.25) is 4.79 Å². The van der Waals surface area contributed by atoms with Gasteiger partial charge in [-0.15, -0.1) is 0 Å². The summed E-state index contributed by atoms with van der Waals surface area (Å²) in [6, 6.07) is 3.50. The van der Waals surface area contributed by atoms with Crippen LogP contribution < -0.4 is 10.2 Å². The Labute approximate surface area is 144 Å². The number of nitrogens with one attached hydrogen (secondary N) is 1. The van der Waals surface area contributed by atoms with Crippen LogP contribution in [0.25, 0.3) is 0 Å². The van der Waals surface area contributed by atoms with Gasteiger partial charge in [-0.05, 0) is 0 Å². The van der Waals surface area contributed by atoms with Crippen LogP contribution in [0.15, 0.2) is 23.0 Å². The van der Waals surface area contributed by atoms with Gasteiger partial charge in [-0.25, -0.2) is 9.97 Å². The second-order valence-corrected chi connectivity index (χ2v) is 5.75. The Kier molecular flexibility index (Phi) is 5.60. The maximum Gasteiger partial charge on any atom is 0.220 e. The fourth-order valence-corrected chi connectivity index (χ4v) is 2.52. The van der Waals surface area contributed by atoms with Crippen molar-refractivity contribution in [3.05, 3.63) is 35.1 Å². The highest BCUT2D eigenvalue weighted by atomic mass is 35.5. The van der Waals surface area contributed by atoms with E-state index in [1.807, 2.05) is 6.07 Å². The predicted octanol–water partition coefficient (Wildman–Crippen LogP) is 1.20. The number of ether oxygens (including phenoxy) is 1. The standard InChI is InChI=1S/C15H18ClN5O3/c16-13-8-12(24-20-13)1-2-15(22)17-9-11-7-14(19-10-18-11)21-3-5-23-6-4-21/h7-8,10H,1-6,9H2,(H,17,22). The van der Waals surface area contributed by atoms with Crippen LogP contribution in [0.5, 0.6) is 0 Å². The number of anilines is 1. The molecule has 128 valence electrons. The van der Waals surface area contributed by atoms with Crippen molar-refractivity contribution >= 4 is 23.3 Å². The fourth-order valence-electron chi connectivity index (χ4n) is 2.37. The third kappa shape index (κ3) is 4.65. The second-order valence-electron chi connectivity index (χ2n) is 5.36. The van der Waals surface area contributed by atoms with Crippen LogP contribution in [0.1, 0.15) is 17.9 Å². The highest BCUT2D eigenvalue weighted by molar-refractivity contribution is 6.29. The molecule has 1 fully saturated rings. The number of aromatic nitrogens is 3. The van der Waals surface area contributed by atoms with Gasteiger partial charge in [0.25, 0.3) is 0 Å². The SMILES string of the molecule is O=C(CCc1cc(Cl)no1)NCc1cc(N2CCOCC2)ncn1. The summed E-state index contributed by atoms with van der Waals surface area (Å²) in [4.78, 5) is 22.5. The molecule has 1 aliphatic rings. The van der Waals surface area contributed by atoms with Crippen LogP contribution in [0.4, 0.5) is 5.82 Å². The lowest BCUT2D eigenvalue weighted by Crippen LogP contribution is -2.37. The number of morpholine rings is 1. The third-order valence-corrected chi connectivity index (χ3v) is 3.82. The zero-order chi connectivity index (χ0) is 16.8. The Hall–Kier alpha value is -2.19. The highest BCUT2D eigenvalue weighted by Crippen LogP contribution is 2.13. The summed E-state index contributed by atoms with van der Waals surface area (Å²) in [5, 5.41) is 6.70. The van der Waals surface area contributed by atoms with Gasteiger partial charge < -0.3 is 19.5 Å². The molecule has 1 aliphatic heterocycles. The molecule has 0 bridgehead atoms. The first-order valence-corrected chi connectivity index (χ1v) is 8.10. The van der Waals surface area contributed by atoms with Gasteiger partial charge in [0.15, 0.2) is 5.15 Å². The van der Waals surface area contributed by atoms with E-state index in [9.17, 15) is 4.79 Å². The summed E-state index contributed by atoms with van der Waals surface area (Å²) in [6.07, 6.45) is 2.27. The van der Waals surface area contributed by atoms with E-state index in [1.165, 1.54) is 6.33 Å². The van der Waals surface area contributed by atoms with E-state index in [0.717, 1.165) is 24.6 Å². The summed E-state index contributed by atoms with van der Waals surface area (Å²) in [6.45, 7) is 3.37. The summed E-state index contributed by atoms with van der Waals surface area (Å²) in [5.74, 6) is 1.36.